The molecule has 0 aliphatic carbocycles. The van der Waals surface area contributed by atoms with Crippen molar-refractivity contribution >= 4 is 10.0 Å². The number of nitrogens with one attached hydrogen (secondary N) is 2. The maximum atomic E-state index is 11.9. The molecule has 0 spiro atoms. The van der Waals surface area contributed by atoms with Gasteiger partial charge in [-0.2, -0.15) is 0 Å². The highest BCUT2D eigenvalue weighted by Gasteiger charge is 2.18. The molecule has 1 heterocycles. The van der Waals surface area contributed by atoms with Crippen LogP contribution in [0.4, 0.5) is 0 Å². The largest absolute Gasteiger partial charge is 0.492 e. The zero-order valence-corrected chi connectivity index (χ0v) is 12.1. The Morgan fingerprint density at radius 3 is 2.65 bits per heavy atom. The van der Waals surface area contributed by atoms with Gasteiger partial charge in [0.15, 0.2) is 5.03 Å². The van der Waals surface area contributed by atoms with Crippen molar-refractivity contribution in [1.82, 2.24) is 14.7 Å². The zero-order valence-electron chi connectivity index (χ0n) is 11.3. The van der Waals surface area contributed by atoms with Crippen molar-refractivity contribution in [2.75, 3.05) is 6.61 Å². The number of aromatic nitrogens is 2. The van der Waals surface area contributed by atoms with Crippen molar-refractivity contribution in [3.05, 3.63) is 42.4 Å². The molecule has 0 bridgehead atoms. The Balaban J connectivity index is 1.90. The fraction of sp³-hybridized carbons (Fsp3) is 0.308. The SMILES string of the molecule is Cc1ccc(OCC(C)NS(=O)(=O)c2cnc[nH]2)cc1. The smallest absolute Gasteiger partial charge is 0.257 e. The second-order valence-electron chi connectivity index (χ2n) is 4.56. The molecule has 2 aromatic rings. The van der Waals surface area contributed by atoms with E-state index in [4.69, 9.17) is 4.74 Å². The molecule has 0 saturated heterocycles. The van der Waals surface area contributed by atoms with Crippen LogP contribution >= 0.6 is 0 Å². The number of rotatable bonds is 6. The summed E-state index contributed by atoms with van der Waals surface area (Å²) in [6, 6.07) is 7.23. The normalized spacial score (nSPS) is 13.1. The first-order chi connectivity index (χ1) is 9.47. The predicted molar refractivity (Wildman–Crippen MR) is 75.0 cm³/mol. The fourth-order valence-electron chi connectivity index (χ4n) is 1.61. The molecule has 0 radical (unpaired) electrons. The number of sulfonamides is 1. The van der Waals surface area contributed by atoms with Gasteiger partial charge >= 0.3 is 0 Å². The van der Waals surface area contributed by atoms with Gasteiger partial charge in [-0.25, -0.2) is 18.1 Å². The third kappa shape index (κ3) is 3.82. The topological polar surface area (TPSA) is 84.1 Å². The molecule has 108 valence electrons. The van der Waals surface area contributed by atoms with E-state index in [1.54, 1.807) is 6.92 Å². The lowest BCUT2D eigenvalue weighted by Crippen LogP contribution is -2.36. The second kappa shape index (κ2) is 6.06. The first kappa shape index (κ1) is 14.5. The Morgan fingerprint density at radius 2 is 2.05 bits per heavy atom. The van der Waals surface area contributed by atoms with E-state index in [2.05, 4.69) is 14.7 Å². The van der Waals surface area contributed by atoms with Gasteiger partial charge in [0.2, 0.25) is 0 Å². The lowest BCUT2D eigenvalue weighted by Gasteiger charge is -2.14. The van der Waals surface area contributed by atoms with E-state index in [0.29, 0.717) is 5.75 Å². The van der Waals surface area contributed by atoms with Crippen LogP contribution in [0.15, 0.2) is 41.8 Å². The third-order valence-corrected chi connectivity index (χ3v) is 4.15. The van der Waals surface area contributed by atoms with Gasteiger partial charge in [-0.3, -0.25) is 0 Å². The van der Waals surface area contributed by atoms with Gasteiger partial charge in [0.05, 0.1) is 18.6 Å². The van der Waals surface area contributed by atoms with E-state index in [-0.39, 0.29) is 17.7 Å². The lowest BCUT2D eigenvalue weighted by molar-refractivity contribution is 0.287. The molecule has 1 unspecified atom stereocenters. The summed E-state index contributed by atoms with van der Waals surface area (Å²) in [7, 11) is -3.58. The molecule has 1 aromatic heterocycles. The minimum atomic E-state index is -3.58. The molecule has 0 aliphatic rings. The molecular formula is C13H17N3O3S. The van der Waals surface area contributed by atoms with Crippen molar-refractivity contribution in [2.24, 2.45) is 0 Å². The van der Waals surface area contributed by atoms with Gasteiger partial charge in [-0.05, 0) is 26.0 Å². The number of aromatic amines is 1. The van der Waals surface area contributed by atoms with Crippen molar-refractivity contribution in [2.45, 2.75) is 24.9 Å². The van der Waals surface area contributed by atoms with E-state index in [0.717, 1.165) is 5.56 Å². The van der Waals surface area contributed by atoms with Crippen molar-refractivity contribution in [3.63, 3.8) is 0 Å². The summed E-state index contributed by atoms with van der Waals surface area (Å²) in [6.07, 6.45) is 2.58. The lowest BCUT2D eigenvalue weighted by atomic mass is 10.2. The number of hydrogen-bond acceptors (Lipinski definition) is 4. The summed E-state index contributed by atoms with van der Waals surface area (Å²) in [5, 5.41) is 0.0414. The number of ether oxygens (including phenoxy) is 1. The summed E-state index contributed by atoms with van der Waals surface area (Å²) >= 11 is 0. The summed E-state index contributed by atoms with van der Waals surface area (Å²) in [4.78, 5) is 6.25. The molecule has 0 amide bonds. The number of imidazole rings is 1. The number of nitrogens with zero attached hydrogens (tertiary/aromatic N) is 1. The minimum absolute atomic E-state index is 0.0414. The van der Waals surface area contributed by atoms with Crippen molar-refractivity contribution < 1.29 is 13.2 Å². The molecule has 0 fully saturated rings. The van der Waals surface area contributed by atoms with Crippen LogP contribution in [-0.2, 0) is 10.0 Å². The molecule has 0 saturated carbocycles. The quantitative estimate of drug-likeness (QED) is 0.845. The fourth-order valence-corrected chi connectivity index (χ4v) is 2.74. The molecule has 6 nitrogen and oxygen atoms in total. The van der Waals surface area contributed by atoms with Gasteiger partial charge < -0.3 is 9.72 Å². The van der Waals surface area contributed by atoms with Crippen LogP contribution in [-0.4, -0.2) is 31.0 Å². The van der Waals surface area contributed by atoms with Crippen LogP contribution in [0, 0.1) is 6.92 Å². The number of hydrogen-bond donors (Lipinski definition) is 2. The van der Waals surface area contributed by atoms with Crippen LogP contribution in [0.1, 0.15) is 12.5 Å². The Labute approximate surface area is 118 Å². The molecule has 2 rings (SSSR count). The maximum Gasteiger partial charge on any atom is 0.257 e. The highest BCUT2D eigenvalue weighted by molar-refractivity contribution is 7.89. The van der Waals surface area contributed by atoms with E-state index < -0.39 is 10.0 Å². The molecule has 1 aromatic carbocycles. The number of aryl methyl sites for hydroxylation is 1. The van der Waals surface area contributed by atoms with E-state index in [1.807, 2.05) is 31.2 Å². The first-order valence-corrected chi connectivity index (χ1v) is 7.66. The number of benzene rings is 1. The number of H-pyrrole nitrogens is 1. The maximum absolute atomic E-state index is 11.9. The van der Waals surface area contributed by atoms with Crippen LogP contribution in [0.5, 0.6) is 5.75 Å². The Hall–Kier alpha value is -1.86. The third-order valence-electron chi connectivity index (χ3n) is 2.64. The summed E-state index contributed by atoms with van der Waals surface area (Å²) in [5.41, 5.74) is 1.14. The highest BCUT2D eigenvalue weighted by Crippen LogP contribution is 2.12. The zero-order chi connectivity index (χ0) is 14.6. The predicted octanol–water partition coefficient (Wildman–Crippen LogP) is 1.46. The average Bonchev–Trinajstić information content (AvgIpc) is 2.92. The van der Waals surface area contributed by atoms with Crippen LogP contribution in [0.2, 0.25) is 0 Å². The second-order valence-corrected chi connectivity index (χ2v) is 6.24. The van der Waals surface area contributed by atoms with Gasteiger partial charge in [-0.1, -0.05) is 17.7 Å². The summed E-state index contributed by atoms with van der Waals surface area (Å²) in [5.74, 6) is 0.711. The first-order valence-electron chi connectivity index (χ1n) is 6.17. The van der Waals surface area contributed by atoms with Crippen LogP contribution in [0.3, 0.4) is 0 Å². The highest BCUT2D eigenvalue weighted by atomic mass is 32.2. The molecule has 0 aliphatic heterocycles. The Morgan fingerprint density at radius 1 is 1.35 bits per heavy atom. The van der Waals surface area contributed by atoms with Crippen LogP contribution < -0.4 is 9.46 Å². The molecule has 7 heteroatoms. The van der Waals surface area contributed by atoms with Gasteiger partial charge in [0.25, 0.3) is 10.0 Å². The Bertz CT molecular complexity index is 636. The van der Waals surface area contributed by atoms with E-state index in [1.165, 1.54) is 12.5 Å². The average molecular weight is 295 g/mol. The Kier molecular flexibility index (Phi) is 4.41. The standard InChI is InChI=1S/C13H17N3O3S/c1-10-3-5-12(6-4-10)19-8-11(2)16-20(17,18)13-7-14-9-15-13/h3-7,9,11,16H,8H2,1-2H3,(H,14,15). The molecule has 20 heavy (non-hydrogen) atoms. The molecule has 1 atom stereocenters. The summed E-state index contributed by atoms with van der Waals surface area (Å²) < 4.78 is 31.9. The van der Waals surface area contributed by atoms with Crippen LogP contribution in [0.25, 0.3) is 0 Å². The van der Waals surface area contributed by atoms with Gasteiger partial charge in [0, 0.05) is 0 Å². The van der Waals surface area contributed by atoms with Crippen molar-refractivity contribution in [1.29, 1.82) is 0 Å². The van der Waals surface area contributed by atoms with Gasteiger partial charge in [-0.15, -0.1) is 0 Å². The van der Waals surface area contributed by atoms with Crippen molar-refractivity contribution in [3.8, 4) is 5.75 Å². The van der Waals surface area contributed by atoms with Gasteiger partial charge in [0.1, 0.15) is 12.4 Å². The monoisotopic (exact) mass is 295 g/mol. The van der Waals surface area contributed by atoms with E-state index in [9.17, 15) is 8.42 Å². The minimum Gasteiger partial charge on any atom is -0.492 e. The summed E-state index contributed by atoms with van der Waals surface area (Å²) in [6.45, 7) is 3.98. The van der Waals surface area contributed by atoms with E-state index >= 15 is 0 Å². The molecular weight excluding hydrogens is 278 g/mol. The molecule has 2 N–H and O–H groups in total.